The molecule has 7 nitrogen and oxygen atoms in total. The maximum atomic E-state index is 13.6. The van der Waals surface area contributed by atoms with E-state index >= 15 is 0 Å². The summed E-state index contributed by atoms with van der Waals surface area (Å²) in [5.74, 6) is -1.47. The van der Waals surface area contributed by atoms with Crippen molar-refractivity contribution in [2.45, 2.75) is 13.5 Å². The number of halogens is 2. The second-order valence-electron chi connectivity index (χ2n) is 4.93. The number of benzene rings is 2. The zero-order valence-corrected chi connectivity index (χ0v) is 13.2. The Balaban J connectivity index is 2.15. The number of amides is 1. The van der Waals surface area contributed by atoms with Gasteiger partial charge in [0.1, 0.15) is 17.3 Å². The van der Waals surface area contributed by atoms with Crippen molar-refractivity contribution in [3.8, 4) is 0 Å². The van der Waals surface area contributed by atoms with E-state index in [1.165, 1.54) is 24.3 Å². The first-order valence-electron chi connectivity index (χ1n) is 7.30. The summed E-state index contributed by atoms with van der Waals surface area (Å²) >= 11 is 0. The predicted molar refractivity (Wildman–Crippen MR) is 87.4 cm³/mol. The molecule has 0 spiro atoms. The van der Waals surface area contributed by atoms with Crippen LogP contribution in [0, 0.1) is 21.7 Å². The molecule has 2 aromatic rings. The van der Waals surface area contributed by atoms with E-state index in [1.54, 1.807) is 6.92 Å². The van der Waals surface area contributed by atoms with Gasteiger partial charge in [-0.15, -0.1) is 0 Å². The number of nitrogens with zero attached hydrogens (tertiary/aromatic N) is 1. The van der Waals surface area contributed by atoms with E-state index in [-0.39, 0.29) is 30.2 Å². The average molecular weight is 351 g/mol. The molecule has 2 N–H and O–H groups in total. The third kappa shape index (κ3) is 4.87. The van der Waals surface area contributed by atoms with E-state index in [4.69, 9.17) is 0 Å². The molecule has 0 bridgehead atoms. The van der Waals surface area contributed by atoms with Crippen LogP contribution in [0.1, 0.15) is 12.5 Å². The molecule has 0 aromatic heterocycles. The molecule has 2 aromatic carbocycles. The molecule has 132 valence electrons. The molecule has 1 amide bonds. The van der Waals surface area contributed by atoms with Gasteiger partial charge in [0, 0.05) is 18.7 Å². The highest BCUT2D eigenvalue weighted by atomic mass is 19.1. The second kappa shape index (κ2) is 8.04. The molecule has 0 unspecified atom stereocenters. The van der Waals surface area contributed by atoms with Gasteiger partial charge in [-0.3, -0.25) is 15.4 Å². The highest BCUT2D eigenvalue weighted by molar-refractivity contribution is 5.87. The third-order valence-electron chi connectivity index (χ3n) is 3.19. The molecule has 0 aliphatic heterocycles. The van der Waals surface area contributed by atoms with Crippen molar-refractivity contribution in [2.75, 3.05) is 17.2 Å². The highest BCUT2D eigenvalue weighted by Gasteiger charge is 2.17. The Morgan fingerprint density at radius 3 is 2.56 bits per heavy atom. The van der Waals surface area contributed by atoms with Gasteiger partial charge in [-0.2, -0.15) is 0 Å². The van der Waals surface area contributed by atoms with Crippen molar-refractivity contribution in [1.82, 2.24) is 0 Å². The summed E-state index contributed by atoms with van der Waals surface area (Å²) in [5, 5.41) is 16.2. The van der Waals surface area contributed by atoms with E-state index in [0.717, 1.165) is 12.1 Å². The van der Waals surface area contributed by atoms with Crippen LogP contribution in [0.25, 0.3) is 0 Å². The number of anilines is 2. The van der Waals surface area contributed by atoms with Crippen LogP contribution < -0.4 is 10.6 Å². The standard InChI is InChI=1S/C16H15F2N3O4/c1-2-25-16(22)20-14-5-3-10(7-15(14)21(23)24)9-19-13-6-4-11(17)8-12(13)18/h3-8,19H,2,9H2,1H3,(H,20,22). The van der Waals surface area contributed by atoms with E-state index in [2.05, 4.69) is 15.4 Å². The number of nitro groups is 1. The molecule has 25 heavy (non-hydrogen) atoms. The molecule has 0 heterocycles. The maximum Gasteiger partial charge on any atom is 0.411 e. The van der Waals surface area contributed by atoms with Crippen LogP contribution in [-0.4, -0.2) is 17.6 Å². The number of carbonyl (C=O) groups is 1. The Kier molecular flexibility index (Phi) is 5.83. The SMILES string of the molecule is CCOC(=O)Nc1ccc(CNc2ccc(F)cc2F)cc1[N+](=O)[O-]. The van der Waals surface area contributed by atoms with Gasteiger partial charge in [-0.05, 0) is 30.7 Å². The Bertz CT molecular complexity index is 799. The van der Waals surface area contributed by atoms with Crippen LogP contribution in [0.3, 0.4) is 0 Å². The Labute approximate surface area is 141 Å². The number of carbonyl (C=O) groups excluding carboxylic acids is 1. The normalized spacial score (nSPS) is 10.2. The largest absolute Gasteiger partial charge is 0.450 e. The van der Waals surface area contributed by atoms with E-state index in [0.29, 0.717) is 5.56 Å². The predicted octanol–water partition coefficient (Wildman–Crippen LogP) is 4.05. The third-order valence-corrected chi connectivity index (χ3v) is 3.19. The minimum Gasteiger partial charge on any atom is -0.450 e. The smallest absolute Gasteiger partial charge is 0.411 e. The molecule has 9 heteroatoms. The molecule has 0 fully saturated rings. The minimum absolute atomic E-state index is 0.0137. The number of hydrogen-bond acceptors (Lipinski definition) is 5. The first-order chi connectivity index (χ1) is 11.9. The lowest BCUT2D eigenvalue weighted by Gasteiger charge is -2.10. The molecule has 2 rings (SSSR count). The summed E-state index contributed by atoms with van der Waals surface area (Å²) < 4.78 is 31.1. The van der Waals surface area contributed by atoms with Crippen molar-refractivity contribution >= 4 is 23.2 Å². The monoisotopic (exact) mass is 351 g/mol. The molecular weight excluding hydrogens is 336 g/mol. The lowest BCUT2D eigenvalue weighted by molar-refractivity contribution is -0.384. The molecule has 0 saturated heterocycles. The number of nitrogens with one attached hydrogen (secondary N) is 2. The van der Waals surface area contributed by atoms with Crippen molar-refractivity contribution in [3.05, 3.63) is 63.7 Å². The quantitative estimate of drug-likeness (QED) is 0.605. The van der Waals surface area contributed by atoms with Gasteiger partial charge in [-0.25, -0.2) is 13.6 Å². The summed E-state index contributed by atoms with van der Waals surface area (Å²) in [6, 6.07) is 7.19. The molecule has 0 saturated carbocycles. The lowest BCUT2D eigenvalue weighted by atomic mass is 10.1. The zero-order valence-electron chi connectivity index (χ0n) is 13.2. The first-order valence-corrected chi connectivity index (χ1v) is 7.30. The van der Waals surface area contributed by atoms with Gasteiger partial charge in [-0.1, -0.05) is 6.07 Å². The van der Waals surface area contributed by atoms with Gasteiger partial charge >= 0.3 is 6.09 Å². The van der Waals surface area contributed by atoms with Crippen LogP contribution in [0.5, 0.6) is 0 Å². The van der Waals surface area contributed by atoms with Crippen LogP contribution in [0.15, 0.2) is 36.4 Å². The number of ether oxygens (including phenoxy) is 1. The van der Waals surface area contributed by atoms with Gasteiger partial charge in [0.2, 0.25) is 0 Å². The first kappa shape index (κ1) is 18.1. The Morgan fingerprint density at radius 1 is 1.20 bits per heavy atom. The fourth-order valence-corrected chi connectivity index (χ4v) is 2.05. The highest BCUT2D eigenvalue weighted by Crippen LogP contribution is 2.26. The second-order valence-corrected chi connectivity index (χ2v) is 4.93. The van der Waals surface area contributed by atoms with Gasteiger partial charge in [0.25, 0.3) is 5.69 Å². The maximum absolute atomic E-state index is 13.6. The van der Waals surface area contributed by atoms with E-state index in [1.807, 2.05) is 0 Å². The van der Waals surface area contributed by atoms with Crippen molar-refractivity contribution in [2.24, 2.45) is 0 Å². The summed E-state index contributed by atoms with van der Waals surface area (Å²) in [6.45, 7) is 1.81. The van der Waals surface area contributed by atoms with E-state index < -0.39 is 22.7 Å². The Hall–Kier alpha value is -3.23. The minimum atomic E-state index is -0.801. The topological polar surface area (TPSA) is 93.5 Å². The van der Waals surface area contributed by atoms with Crippen molar-refractivity contribution < 1.29 is 23.2 Å². The van der Waals surface area contributed by atoms with Crippen LogP contribution in [-0.2, 0) is 11.3 Å². The van der Waals surface area contributed by atoms with Crippen LogP contribution in [0.4, 0.5) is 30.6 Å². The summed E-state index contributed by atoms with van der Waals surface area (Å²) in [5.41, 5.74) is 0.203. The molecule has 0 aliphatic rings. The fourth-order valence-electron chi connectivity index (χ4n) is 2.05. The van der Waals surface area contributed by atoms with Gasteiger partial charge in [0.15, 0.2) is 0 Å². The number of nitro benzene ring substituents is 1. The molecule has 0 aliphatic carbocycles. The van der Waals surface area contributed by atoms with Crippen molar-refractivity contribution in [1.29, 1.82) is 0 Å². The summed E-state index contributed by atoms with van der Waals surface area (Å²) in [6.07, 6.45) is -0.801. The van der Waals surface area contributed by atoms with Gasteiger partial charge < -0.3 is 10.1 Å². The summed E-state index contributed by atoms with van der Waals surface area (Å²) in [7, 11) is 0. The van der Waals surface area contributed by atoms with Crippen LogP contribution >= 0.6 is 0 Å². The average Bonchev–Trinajstić information content (AvgIpc) is 2.55. The number of rotatable bonds is 6. The van der Waals surface area contributed by atoms with E-state index in [9.17, 15) is 23.7 Å². The Morgan fingerprint density at radius 2 is 1.92 bits per heavy atom. The zero-order chi connectivity index (χ0) is 18.4. The molecule has 0 atom stereocenters. The van der Waals surface area contributed by atoms with Crippen molar-refractivity contribution in [3.63, 3.8) is 0 Å². The lowest BCUT2D eigenvalue weighted by Crippen LogP contribution is -2.14. The molecule has 0 radical (unpaired) electrons. The fraction of sp³-hybridized carbons (Fsp3) is 0.188. The van der Waals surface area contributed by atoms with Crippen LogP contribution in [0.2, 0.25) is 0 Å². The summed E-state index contributed by atoms with van der Waals surface area (Å²) in [4.78, 5) is 21.9. The number of hydrogen-bond donors (Lipinski definition) is 2. The molecular formula is C16H15F2N3O4. The van der Waals surface area contributed by atoms with Gasteiger partial charge in [0.05, 0.1) is 17.2 Å².